The highest BCUT2D eigenvalue weighted by Crippen LogP contribution is 2.43. The average Bonchev–Trinajstić information content (AvgIpc) is 2.70. The number of rotatable bonds is 8. The molecule has 3 atom stereocenters. The molecule has 1 aliphatic carbocycles. The number of carbonyl (C=O) groups excluding carboxylic acids is 2. The van der Waals surface area contributed by atoms with Crippen molar-refractivity contribution in [1.82, 2.24) is 0 Å². The summed E-state index contributed by atoms with van der Waals surface area (Å²) in [7, 11) is 0. The van der Waals surface area contributed by atoms with E-state index in [4.69, 9.17) is 0 Å². The van der Waals surface area contributed by atoms with Crippen LogP contribution in [0.25, 0.3) is 0 Å². The number of carbonyl (C=O) groups is 2. The van der Waals surface area contributed by atoms with E-state index in [0.29, 0.717) is 19.3 Å². The summed E-state index contributed by atoms with van der Waals surface area (Å²) in [6.45, 7) is 11.3. The number of ketones is 2. The van der Waals surface area contributed by atoms with Gasteiger partial charge in [-0.05, 0) is 53.4 Å². The lowest BCUT2D eigenvalue weighted by Gasteiger charge is -2.28. The van der Waals surface area contributed by atoms with E-state index < -0.39 is 23.1 Å². The van der Waals surface area contributed by atoms with Crippen molar-refractivity contribution in [3.8, 4) is 0 Å². The first-order chi connectivity index (χ1) is 11.6. The summed E-state index contributed by atoms with van der Waals surface area (Å²) >= 11 is 0. The summed E-state index contributed by atoms with van der Waals surface area (Å²) in [5.41, 5.74) is 0.267. The summed E-state index contributed by atoms with van der Waals surface area (Å²) in [4.78, 5) is 25.4. The van der Waals surface area contributed by atoms with Crippen LogP contribution in [-0.4, -0.2) is 27.4 Å². The molecule has 140 valence electrons. The van der Waals surface area contributed by atoms with E-state index >= 15 is 0 Å². The van der Waals surface area contributed by atoms with Gasteiger partial charge in [0, 0.05) is 5.92 Å². The van der Waals surface area contributed by atoms with Crippen molar-refractivity contribution in [2.45, 2.75) is 72.8 Å². The van der Waals surface area contributed by atoms with E-state index in [1.54, 1.807) is 6.92 Å². The van der Waals surface area contributed by atoms with Crippen LogP contribution in [0.2, 0.25) is 0 Å². The molecule has 25 heavy (non-hydrogen) atoms. The first kappa shape index (κ1) is 21.4. The van der Waals surface area contributed by atoms with Crippen molar-refractivity contribution in [2.75, 3.05) is 0 Å². The third-order valence-electron chi connectivity index (χ3n) is 4.93. The molecule has 1 rings (SSSR count). The van der Waals surface area contributed by atoms with Crippen molar-refractivity contribution in [1.29, 1.82) is 0 Å². The van der Waals surface area contributed by atoms with Crippen LogP contribution in [-0.2, 0) is 9.59 Å². The summed E-state index contributed by atoms with van der Waals surface area (Å²) in [6.07, 6.45) is 5.48. The Morgan fingerprint density at radius 2 is 1.76 bits per heavy atom. The minimum Gasteiger partial charge on any atom is -0.508 e. The molecule has 1 aliphatic rings. The van der Waals surface area contributed by atoms with Crippen LogP contribution in [0.5, 0.6) is 0 Å². The zero-order valence-electron chi connectivity index (χ0n) is 16.3. The largest absolute Gasteiger partial charge is 0.508 e. The predicted molar refractivity (Wildman–Crippen MR) is 100 cm³/mol. The maximum atomic E-state index is 12.9. The molecule has 0 bridgehead atoms. The van der Waals surface area contributed by atoms with Gasteiger partial charge in [-0.15, -0.1) is 0 Å². The van der Waals surface area contributed by atoms with Gasteiger partial charge in [-0.2, -0.15) is 0 Å². The quantitative estimate of drug-likeness (QED) is 0.502. The van der Waals surface area contributed by atoms with Crippen LogP contribution >= 0.6 is 0 Å². The van der Waals surface area contributed by atoms with Gasteiger partial charge in [0.05, 0.1) is 5.92 Å². The Morgan fingerprint density at radius 1 is 1.20 bits per heavy atom. The van der Waals surface area contributed by atoms with Gasteiger partial charge in [0.2, 0.25) is 0 Å². The molecule has 3 unspecified atom stereocenters. The number of aliphatic hydroxyl groups is 2. The Balaban J connectivity index is 3.29. The van der Waals surface area contributed by atoms with Crippen LogP contribution < -0.4 is 0 Å². The van der Waals surface area contributed by atoms with E-state index in [9.17, 15) is 19.8 Å². The third-order valence-corrected chi connectivity index (χ3v) is 4.93. The Bertz CT molecular complexity index is 616. The molecule has 4 heteroatoms. The number of hydrogen-bond acceptors (Lipinski definition) is 4. The molecule has 0 spiro atoms. The van der Waals surface area contributed by atoms with Gasteiger partial charge in [-0.1, -0.05) is 37.1 Å². The second-order valence-corrected chi connectivity index (χ2v) is 7.58. The zero-order chi connectivity index (χ0) is 19.4. The van der Waals surface area contributed by atoms with E-state index in [2.05, 4.69) is 0 Å². The smallest absolute Gasteiger partial charge is 0.176 e. The van der Waals surface area contributed by atoms with Gasteiger partial charge in [0.15, 0.2) is 11.6 Å². The minimum atomic E-state index is -1.67. The van der Waals surface area contributed by atoms with Gasteiger partial charge >= 0.3 is 0 Å². The summed E-state index contributed by atoms with van der Waals surface area (Å²) < 4.78 is 0. The van der Waals surface area contributed by atoms with Crippen molar-refractivity contribution in [3.63, 3.8) is 0 Å². The molecule has 0 heterocycles. The number of Topliss-reactive ketones (excluding diaryl/α,β-unsaturated/α-hetero) is 2. The molecule has 0 saturated carbocycles. The average molecular weight is 348 g/mol. The molecule has 0 aromatic heterocycles. The lowest BCUT2D eigenvalue weighted by Crippen LogP contribution is -2.38. The predicted octanol–water partition coefficient (Wildman–Crippen LogP) is 4.45. The maximum absolute atomic E-state index is 12.9. The Hall–Kier alpha value is -1.68. The van der Waals surface area contributed by atoms with Crippen LogP contribution in [0.3, 0.4) is 0 Å². The van der Waals surface area contributed by atoms with Crippen LogP contribution in [0.4, 0.5) is 0 Å². The summed E-state index contributed by atoms with van der Waals surface area (Å²) in [6, 6.07) is 0. The van der Waals surface area contributed by atoms with Gasteiger partial charge in [-0.25, -0.2) is 0 Å². The summed E-state index contributed by atoms with van der Waals surface area (Å²) in [5.74, 6) is -2.40. The van der Waals surface area contributed by atoms with E-state index in [-0.39, 0.29) is 23.7 Å². The molecule has 0 aromatic rings. The fraction of sp³-hybridized carbons (Fsp3) is 0.619. The van der Waals surface area contributed by atoms with Gasteiger partial charge in [0.25, 0.3) is 0 Å². The van der Waals surface area contributed by atoms with Crippen molar-refractivity contribution < 1.29 is 19.8 Å². The summed E-state index contributed by atoms with van der Waals surface area (Å²) in [5, 5.41) is 21.8. The van der Waals surface area contributed by atoms with Crippen LogP contribution in [0.1, 0.15) is 67.2 Å². The van der Waals surface area contributed by atoms with Crippen LogP contribution in [0.15, 0.2) is 34.6 Å². The van der Waals surface area contributed by atoms with Crippen molar-refractivity contribution in [2.24, 2.45) is 11.8 Å². The topological polar surface area (TPSA) is 74.6 Å². The first-order valence-corrected chi connectivity index (χ1v) is 9.07. The molecule has 0 radical (unpaired) electrons. The fourth-order valence-electron chi connectivity index (χ4n) is 3.09. The van der Waals surface area contributed by atoms with E-state index in [0.717, 1.165) is 11.1 Å². The molecular formula is C21H32O4. The molecule has 0 aliphatic heterocycles. The molecule has 0 amide bonds. The second-order valence-electron chi connectivity index (χ2n) is 7.58. The lowest BCUT2D eigenvalue weighted by molar-refractivity contribution is -0.127. The zero-order valence-corrected chi connectivity index (χ0v) is 16.3. The normalized spacial score (nSPS) is 24.3. The van der Waals surface area contributed by atoms with Gasteiger partial charge < -0.3 is 10.2 Å². The maximum Gasteiger partial charge on any atom is 0.176 e. The molecule has 0 fully saturated rings. The Labute approximate surface area is 151 Å². The Morgan fingerprint density at radius 3 is 2.24 bits per heavy atom. The lowest BCUT2D eigenvalue weighted by atomic mass is 9.82. The number of hydrogen-bond donors (Lipinski definition) is 2. The number of allylic oxidation sites excluding steroid dienone is 5. The molecule has 0 aromatic carbocycles. The molecular weight excluding hydrogens is 316 g/mol. The first-order valence-electron chi connectivity index (χ1n) is 9.07. The van der Waals surface area contributed by atoms with Gasteiger partial charge in [-0.3, -0.25) is 9.59 Å². The van der Waals surface area contributed by atoms with Crippen molar-refractivity contribution in [3.05, 3.63) is 34.6 Å². The van der Waals surface area contributed by atoms with Crippen LogP contribution in [0, 0.1) is 11.8 Å². The van der Waals surface area contributed by atoms with E-state index in [1.807, 2.05) is 46.8 Å². The standard InChI is InChI=1S/C21H32O4/c1-7-15(6)18(22)17-19(23)16(11-10-14(4)5)21(25,20(17)24)12-8-9-13(2)3/h9-10,15-16,24-25H,7-8,11-12H2,1-6H3. The SMILES string of the molecule is CCC(C)C(=O)C1=C(O)C(O)(CCC=C(C)C)C(CC=C(C)C)C1=O. The highest BCUT2D eigenvalue weighted by atomic mass is 16.3. The molecule has 2 N–H and O–H groups in total. The minimum absolute atomic E-state index is 0.193. The third kappa shape index (κ3) is 4.69. The molecule has 0 saturated heterocycles. The van der Waals surface area contributed by atoms with E-state index in [1.165, 1.54) is 0 Å². The highest BCUT2D eigenvalue weighted by molar-refractivity contribution is 6.24. The monoisotopic (exact) mass is 348 g/mol. The highest BCUT2D eigenvalue weighted by Gasteiger charge is 2.54. The molecule has 4 nitrogen and oxygen atoms in total. The van der Waals surface area contributed by atoms with Crippen molar-refractivity contribution >= 4 is 11.6 Å². The second kappa shape index (κ2) is 8.61. The fourth-order valence-corrected chi connectivity index (χ4v) is 3.09. The van der Waals surface area contributed by atoms with Gasteiger partial charge in [0.1, 0.15) is 16.9 Å². The number of aliphatic hydroxyl groups excluding tert-OH is 1. The Kier molecular flexibility index (Phi) is 7.36.